The van der Waals surface area contributed by atoms with Gasteiger partial charge in [-0.2, -0.15) is 0 Å². The summed E-state index contributed by atoms with van der Waals surface area (Å²) in [5, 5.41) is 2.55. The van der Waals surface area contributed by atoms with Crippen molar-refractivity contribution in [1.82, 2.24) is 0 Å². The lowest BCUT2D eigenvalue weighted by Gasteiger charge is -2.25. The van der Waals surface area contributed by atoms with E-state index in [1.54, 1.807) is 0 Å². The van der Waals surface area contributed by atoms with Crippen LogP contribution in [0.4, 0.5) is 0 Å². The zero-order valence-corrected chi connectivity index (χ0v) is 12.9. The van der Waals surface area contributed by atoms with E-state index >= 15 is 0 Å². The van der Waals surface area contributed by atoms with Gasteiger partial charge in [-0.15, -0.1) is 0 Å². The minimum Gasteiger partial charge on any atom is -0.455 e. The zero-order valence-electron chi connectivity index (χ0n) is 12.9. The van der Waals surface area contributed by atoms with Crippen LogP contribution in [0.3, 0.4) is 0 Å². The highest BCUT2D eigenvalue weighted by Crippen LogP contribution is 2.49. The molecule has 0 spiro atoms. The summed E-state index contributed by atoms with van der Waals surface area (Å²) in [7, 11) is 0. The SMILES string of the molecule is Cc1cc(C)c2c(c1)-c1cccc3c(C)cc(C)c(c13)O2. The fraction of sp³-hybridized carbons (Fsp3) is 0.200. The summed E-state index contributed by atoms with van der Waals surface area (Å²) in [6, 6.07) is 13.2. The predicted octanol–water partition coefficient (Wildman–Crippen LogP) is 5.85. The summed E-state index contributed by atoms with van der Waals surface area (Å²) in [4.78, 5) is 0. The summed E-state index contributed by atoms with van der Waals surface area (Å²) in [6.07, 6.45) is 0. The van der Waals surface area contributed by atoms with Crippen LogP contribution in [-0.2, 0) is 0 Å². The number of benzene rings is 3. The third kappa shape index (κ3) is 1.64. The lowest BCUT2D eigenvalue weighted by Crippen LogP contribution is -2.02. The van der Waals surface area contributed by atoms with Gasteiger partial charge in [-0.05, 0) is 67.0 Å². The Bertz CT molecular complexity index is 904. The maximum absolute atomic E-state index is 6.32. The second kappa shape index (κ2) is 4.11. The number of ether oxygens (including phenoxy) is 1. The van der Waals surface area contributed by atoms with Gasteiger partial charge in [-0.1, -0.05) is 30.3 Å². The molecule has 1 aliphatic rings. The van der Waals surface area contributed by atoms with Crippen LogP contribution < -0.4 is 4.74 Å². The van der Waals surface area contributed by atoms with Crippen LogP contribution in [0.15, 0.2) is 36.4 Å². The molecule has 0 amide bonds. The minimum absolute atomic E-state index is 1.01. The van der Waals surface area contributed by atoms with Gasteiger partial charge in [0, 0.05) is 10.9 Å². The molecule has 3 aromatic rings. The molecule has 0 unspecified atom stereocenters. The Morgan fingerprint density at radius 3 is 2.29 bits per heavy atom. The first kappa shape index (κ1) is 12.5. The van der Waals surface area contributed by atoms with Gasteiger partial charge < -0.3 is 4.74 Å². The molecule has 0 saturated carbocycles. The largest absolute Gasteiger partial charge is 0.455 e. The predicted molar refractivity (Wildman–Crippen MR) is 88.4 cm³/mol. The van der Waals surface area contributed by atoms with Crippen LogP contribution >= 0.6 is 0 Å². The van der Waals surface area contributed by atoms with E-state index in [2.05, 4.69) is 64.1 Å². The highest BCUT2D eigenvalue weighted by atomic mass is 16.5. The third-order valence-corrected chi connectivity index (χ3v) is 4.42. The normalized spacial score (nSPS) is 12.2. The van der Waals surface area contributed by atoms with Crippen LogP contribution in [0.1, 0.15) is 22.3 Å². The Hall–Kier alpha value is -2.28. The van der Waals surface area contributed by atoms with Gasteiger partial charge in [-0.3, -0.25) is 0 Å². The van der Waals surface area contributed by atoms with E-state index in [1.807, 2.05) is 0 Å². The molecule has 21 heavy (non-hydrogen) atoms. The fourth-order valence-electron chi connectivity index (χ4n) is 3.54. The minimum atomic E-state index is 1.01. The number of aryl methyl sites for hydroxylation is 4. The summed E-state index contributed by atoms with van der Waals surface area (Å²) in [6.45, 7) is 8.57. The van der Waals surface area contributed by atoms with E-state index in [4.69, 9.17) is 4.74 Å². The first-order chi connectivity index (χ1) is 10.1. The molecule has 3 aromatic carbocycles. The molecular weight excluding hydrogens is 256 g/mol. The summed E-state index contributed by atoms with van der Waals surface area (Å²) >= 11 is 0. The van der Waals surface area contributed by atoms with Gasteiger partial charge in [0.2, 0.25) is 0 Å². The maximum Gasteiger partial charge on any atom is 0.138 e. The van der Waals surface area contributed by atoms with Crippen molar-refractivity contribution < 1.29 is 4.74 Å². The molecule has 0 N–H and O–H groups in total. The molecule has 0 fully saturated rings. The Balaban J connectivity index is 2.22. The van der Waals surface area contributed by atoms with Crippen molar-refractivity contribution in [3.63, 3.8) is 0 Å². The first-order valence-corrected chi connectivity index (χ1v) is 7.38. The van der Waals surface area contributed by atoms with Gasteiger partial charge in [0.05, 0.1) is 0 Å². The highest BCUT2D eigenvalue weighted by molar-refractivity contribution is 6.06. The van der Waals surface area contributed by atoms with E-state index in [-0.39, 0.29) is 0 Å². The number of fused-ring (bicyclic) bond motifs is 2. The average molecular weight is 274 g/mol. The molecule has 4 rings (SSSR count). The molecular formula is C20H18O. The Morgan fingerprint density at radius 2 is 1.48 bits per heavy atom. The number of rotatable bonds is 0. The lowest BCUT2D eigenvalue weighted by atomic mass is 9.89. The topological polar surface area (TPSA) is 9.23 Å². The lowest BCUT2D eigenvalue weighted by molar-refractivity contribution is 0.479. The van der Waals surface area contributed by atoms with Crippen LogP contribution in [0.2, 0.25) is 0 Å². The van der Waals surface area contributed by atoms with Crippen molar-refractivity contribution in [2.45, 2.75) is 27.7 Å². The zero-order chi connectivity index (χ0) is 14.7. The van der Waals surface area contributed by atoms with Crippen LogP contribution in [-0.4, -0.2) is 0 Å². The van der Waals surface area contributed by atoms with Crippen molar-refractivity contribution in [2.75, 3.05) is 0 Å². The molecule has 0 radical (unpaired) electrons. The second-order valence-corrected chi connectivity index (χ2v) is 6.13. The molecule has 1 aliphatic heterocycles. The molecule has 1 heterocycles. The fourth-order valence-corrected chi connectivity index (χ4v) is 3.54. The molecule has 1 nitrogen and oxygen atoms in total. The molecule has 0 aromatic heterocycles. The number of hydrogen-bond donors (Lipinski definition) is 0. The van der Waals surface area contributed by atoms with Gasteiger partial charge >= 0.3 is 0 Å². The van der Waals surface area contributed by atoms with Crippen molar-refractivity contribution in [2.24, 2.45) is 0 Å². The standard InChI is InChI=1S/C20H18O/c1-11-8-13(3)19-17(9-11)16-7-5-6-15-12(2)10-14(4)20(21-19)18(15)16/h5-10H,1-4H3. The van der Waals surface area contributed by atoms with E-state index in [1.165, 1.54) is 44.2 Å². The van der Waals surface area contributed by atoms with Crippen LogP contribution in [0.25, 0.3) is 21.9 Å². The quantitative estimate of drug-likeness (QED) is 0.391. The summed E-state index contributed by atoms with van der Waals surface area (Å²) in [5.74, 6) is 2.03. The summed E-state index contributed by atoms with van der Waals surface area (Å²) < 4.78 is 6.32. The van der Waals surface area contributed by atoms with Gasteiger partial charge in [-0.25, -0.2) is 0 Å². The Morgan fingerprint density at radius 1 is 0.714 bits per heavy atom. The van der Waals surface area contributed by atoms with Crippen molar-refractivity contribution >= 4 is 10.8 Å². The van der Waals surface area contributed by atoms with Crippen molar-refractivity contribution in [3.8, 4) is 22.6 Å². The average Bonchev–Trinajstić information content (AvgIpc) is 2.44. The van der Waals surface area contributed by atoms with Crippen LogP contribution in [0, 0.1) is 27.7 Å². The molecule has 0 aliphatic carbocycles. The van der Waals surface area contributed by atoms with Crippen LogP contribution in [0.5, 0.6) is 11.5 Å². The van der Waals surface area contributed by atoms with Crippen molar-refractivity contribution in [1.29, 1.82) is 0 Å². The van der Waals surface area contributed by atoms with Gasteiger partial charge in [0.1, 0.15) is 11.5 Å². The summed E-state index contributed by atoms with van der Waals surface area (Å²) in [5.41, 5.74) is 7.51. The van der Waals surface area contributed by atoms with E-state index in [0.717, 1.165) is 11.5 Å². The Labute approximate surface area is 125 Å². The monoisotopic (exact) mass is 274 g/mol. The highest BCUT2D eigenvalue weighted by Gasteiger charge is 2.23. The molecule has 1 heteroatoms. The molecule has 0 bridgehead atoms. The van der Waals surface area contributed by atoms with E-state index in [9.17, 15) is 0 Å². The third-order valence-electron chi connectivity index (χ3n) is 4.42. The van der Waals surface area contributed by atoms with E-state index < -0.39 is 0 Å². The van der Waals surface area contributed by atoms with Crippen molar-refractivity contribution in [3.05, 3.63) is 58.7 Å². The van der Waals surface area contributed by atoms with Gasteiger partial charge in [0.15, 0.2) is 0 Å². The smallest absolute Gasteiger partial charge is 0.138 e. The maximum atomic E-state index is 6.32. The van der Waals surface area contributed by atoms with Gasteiger partial charge in [0.25, 0.3) is 0 Å². The second-order valence-electron chi connectivity index (χ2n) is 6.13. The Kier molecular flexibility index (Phi) is 2.44. The first-order valence-electron chi connectivity index (χ1n) is 7.38. The molecule has 104 valence electrons. The molecule has 0 atom stereocenters. The molecule has 0 saturated heterocycles. The van der Waals surface area contributed by atoms with E-state index in [0.29, 0.717) is 0 Å². The number of hydrogen-bond acceptors (Lipinski definition) is 1.